The molecule has 0 fully saturated rings. The molecule has 0 bridgehead atoms. The molecular weight excluding hydrogens is 306 g/mol. The van der Waals surface area contributed by atoms with E-state index in [9.17, 15) is 4.79 Å². The smallest absolute Gasteiger partial charge is 0.308 e. The van der Waals surface area contributed by atoms with Crippen molar-refractivity contribution in [3.8, 4) is 18.4 Å². The van der Waals surface area contributed by atoms with Gasteiger partial charge in [0.2, 0.25) is 5.13 Å². The topological polar surface area (TPSA) is 90.7 Å². The average molecular weight is 315 g/mol. The van der Waals surface area contributed by atoms with Gasteiger partial charge in [0, 0.05) is 5.69 Å². The molecule has 0 saturated heterocycles. The third-order valence-electron chi connectivity index (χ3n) is 2.16. The largest absolute Gasteiger partial charge is 0.325 e. The summed E-state index contributed by atoms with van der Waals surface area (Å²) in [5, 5.41) is 22.1. The van der Waals surface area contributed by atoms with E-state index < -0.39 is 6.03 Å². The molecule has 104 valence electrons. The molecule has 0 atom stereocenters. The first-order valence-electron chi connectivity index (χ1n) is 5.69. The maximum absolute atomic E-state index is 11.8. The van der Waals surface area contributed by atoms with E-state index in [-0.39, 0.29) is 0 Å². The van der Waals surface area contributed by atoms with Crippen LogP contribution in [0.4, 0.5) is 15.6 Å². The summed E-state index contributed by atoms with van der Waals surface area (Å²) in [6, 6.07) is 8.16. The zero-order chi connectivity index (χ0) is 15.1. The second kappa shape index (κ2) is 7.29. The van der Waals surface area contributed by atoms with Gasteiger partial charge in [-0.15, -0.1) is 16.6 Å². The van der Waals surface area contributed by atoms with Crippen LogP contribution >= 0.6 is 23.1 Å². The lowest BCUT2D eigenvalue weighted by Gasteiger charge is -2.04. The number of carbonyl (C=O) groups excluding carboxylic acids is 1. The Kier molecular flexibility index (Phi) is 5.16. The van der Waals surface area contributed by atoms with Crippen molar-refractivity contribution >= 4 is 39.9 Å². The van der Waals surface area contributed by atoms with Gasteiger partial charge in [-0.05, 0) is 18.2 Å². The monoisotopic (exact) mass is 315 g/mol. The van der Waals surface area contributed by atoms with Crippen LogP contribution in [-0.2, 0) is 0 Å². The average Bonchev–Trinajstić information content (AvgIpc) is 2.92. The summed E-state index contributed by atoms with van der Waals surface area (Å²) < 4.78 is 0.690. The minimum atomic E-state index is -0.449. The normalized spacial score (nSPS) is 9.43. The summed E-state index contributed by atoms with van der Waals surface area (Å²) >= 11 is 2.62. The van der Waals surface area contributed by atoms with Gasteiger partial charge in [0.1, 0.15) is 0 Å². The SMILES string of the molecule is C#CCSc1nnc(NC(=O)Nc2cccc(C#N)c2)s1. The van der Waals surface area contributed by atoms with E-state index >= 15 is 0 Å². The number of hydrogen-bond donors (Lipinski definition) is 2. The third-order valence-corrected chi connectivity index (χ3v) is 4.03. The number of urea groups is 1. The number of aromatic nitrogens is 2. The van der Waals surface area contributed by atoms with Gasteiger partial charge in [0.15, 0.2) is 4.34 Å². The van der Waals surface area contributed by atoms with Gasteiger partial charge in [-0.1, -0.05) is 35.1 Å². The van der Waals surface area contributed by atoms with Gasteiger partial charge < -0.3 is 5.32 Å². The number of amides is 2. The number of carbonyl (C=O) groups is 1. The number of thioether (sulfide) groups is 1. The number of nitrogens with zero attached hydrogens (tertiary/aromatic N) is 3. The molecule has 1 heterocycles. The van der Waals surface area contributed by atoms with Crippen LogP contribution in [0.2, 0.25) is 0 Å². The Morgan fingerprint density at radius 1 is 1.43 bits per heavy atom. The van der Waals surface area contributed by atoms with Crippen molar-refractivity contribution in [3.63, 3.8) is 0 Å². The predicted molar refractivity (Wildman–Crippen MR) is 83.3 cm³/mol. The zero-order valence-corrected chi connectivity index (χ0v) is 12.3. The maximum atomic E-state index is 11.8. The second-order valence-electron chi connectivity index (χ2n) is 3.64. The zero-order valence-electron chi connectivity index (χ0n) is 10.7. The van der Waals surface area contributed by atoms with Crippen molar-refractivity contribution in [2.75, 3.05) is 16.4 Å². The van der Waals surface area contributed by atoms with Crippen LogP contribution < -0.4 is 10.6 Å². The van der Waals surface area contributed by atoms with E-state index in [2.05, 4.69) is 26.8 Å². The molecule has 2 rings (SSSR count). The lowest BCUT2D eigenvalue weighted by Crippen LogP contribution is -2.19. The number of hydrogen-bond acceptors (Lipinski definition) is 6. The number of terminal acetylenes is 1. The van der Waals surface area contributed by atoms with Crippen molar-refractivity contribution in [2.24, 2.45) is 0 Å². The molecule has 0 radical (unpaired) electrons. The van der Waals surface area contributed by atoms with Gasteiger partial charge >= 0.3 is 6.03 Å². The van der Waals surface area contributed by atoms with Crippen LogP contribution in [0.3, 0.4) is 0 Å². The molecule has 21 heavy (non-hydrogen) atoms. The first-order chi connectivity index (χ1) is 10.2. The van der Waals surface area contributed by atoms with Gasteiger partial charge in [-0.2, -0.15) is 5.26 Å². The molecule has 0 saturated carbocycles. The van der Waals surface area contributed by atoms with Gasteiger partial charge in [-0.3, -0.25) is 5.32 Å². The highest BCUT2D eigenvalue weighted by Gasteiger charge is 2.08. The highest BCUT2D eigenvalue weighted by Crippen LogP contribution is 2.25. The van der Waals surface area contributed by atoms with E-state index in [4.69, 9.17) is 11.7 Å². The van der Waals surface area contributed by atoms with Crippen LogP contribution in [0.1, 0.15) is 5.56 Å². The minimum Gasteiger partial charge on any atom is -0.308 e. The fourth-order valence-corrected chi connectivity index (χ4v) is 2.78. The molecule has 0 aliphatic rings. The van der Waals surface area contributed by atoms with Gasteiger partial charge in [0.25, 0.3) is 0 Å². The summed E-state index contributed by atoms with van der Waals surface area (Å²) in [6.45, 7) is 0. The summed E-state index contributed by atoms with van der Waals surface area (Å²) in [5.74, 6) is 2.99. The first-order valence-corrected chi connectivity index (χ1v) is 7.49. The van der Waals surface area contributed by atoms with Crippen molar-refractivity contribution < 1.29 is 4.79 Å². The van der Waals surface area contributed by atoms with Crippen molar-refractivity contribution in [3.05, 3.63) is 29.8 Å². The Bertz CT molecular complexity index is 729. The summed E-state index contributed by atoms with van der Waals surface area (Å²) in [4.78, 5) is 11.8. The Hall–Kier alpha value is -2.55. The fraction of sp³-hybridized carbons (Fsp3) is 0.0769. The Morgan fingerprint density at radius 3 is 3.05 bits per heavy atom. The Balaban J connectivity index is 1.94. The van der Waals surface area contributed by atoms with Crippen molar-refractivity contribution in [1.29, 1.82) is 5.26 Å². The molecule has 0 spiro atoms. The minimum absolute atomic E-state index is 0.378. The van der Waals surface area contributed by atoms with Crippen LogP contribution in [0.5, 0.6) is 0 Å². The first kappa shape index (κ1) is 14.9. The number of benzene rings is 1. The number of anilines is 2. The highest BCUT2D eigenvalue weighted by molar-refractivity contribution is 8.01. The van der Waals surface area contributed by atoms with E-state index in [0.717, 1.165) is 0 Å². The number of nitriles is 1. The number of rotatable bonds is 4. The van der Waals surface area contributed by atoms with Crippen molar-refractivity contribution in [1.82, 2.24) is 10.2 Å². The van der Waals surface area contributed by atoms with E-state index in [1.165, 1.54) is 23.1 Å². The summed E-state index contributed by atoms with van der Waals surface area (Å²) in [5.41, 5.74) is 0.995. The van der Waals surface area contributed by atoms with Gasteiger partial charge in [-0.25, -0.2) is 4.79 Å². The van der Waals surface area contributed by atoms with E-state index in [1.807, 2.05) is 6.07 Å². The van der Waals surface area contributed by atoms with Gasteiger partial charge in [0.05, 0.1) is 17.4 Å². The maximum Gasteiger partial charge on any atom is 0.325 e. The molecule has 0 aliphatic heterocycles. The molecular formula is C13H9N5OS2. The molecule has 1 aromatic carbocycles. The van der Waals surface area contributed by atoms with Crippen molar-refractivity contribution in [2.45, 2.75) is 4.34 Å². The third kappa shape index (κ3) is 4.49. The molecule has 2 aromatic rings. The standard InChI is InChI=1S/C13H9N5OS2/c1-2-6-20-13-18-17-12(21-13)16-11(19)15-10-5-3-4-9(7-10)8-14/h1,3-5,7H,6H2,(H2,15,16,17,19). The number of nitrogens with one attached hydrogen (secondary N) is 2. The lowest BCUT2D eigenvalue weighted by molar-refractivity contribution is 0.262. The molecule has 8 heteroatoms. The molecule has 0 unspecified atom stereocenters. The van der Waals surface area contributed by atoms with E-state index in [0.29, 0.717) is 26.5 Å². The van der Waals surface area contributed by atoms with Crippen LogP contribution in [0.15, 0.2) is 28.6 Å². The Labute approximate surface area is 129 Å². The Morgan fingerprint density at radius 2 is 2.29 bits per heavy atom. The molecule has 1 aromatic heterocycles. The predicted octanol–water partition coefficient (Wildman–Crippen LogP) is 2.78. The molecule has 2 amide bonds. The van der Waals surface area contributed by atoms with Crippen LogP contribution in [0, 0.1) is 23.7 Å². The van der Waals surface area contributed by atoms with Crippen LogP contribution in [0.25, 0.3) is 0 Å². The highest BCUT2D eigenvalue weighted by atomic mass is 32.2. The quantitative estimate of drug-likeness (QED) is 0.514. The molecule has 0 aliphatic carbocycles. The summed E-state index contributed by atoms with van der Waals surface area (Å²) in [6.07, 6.45) is 5.16. The molecule has 6 nitrogen and oxygen atoms in total. The van der Waals surface area contributed by atoms with E-state index in [1.54, 1.807) is 24.3 Å². The molecule has 2 N–H and O–H groups in total. The summed E-state index contributed by atoms with van der Waals surface area (Å²) in [7, 11) is 0. The fourth-order valence-electron chi connectivity index (χ4n) is 1.35. The lowest BCUT2D eigenvalue weighted by atomic mass is 10.2. The second-order valence-corrected chi connectivity index (χ2v) is 5.84. The van der Waals surface area contributed by atoms with Crippen LogP contribution in [-0.4, -0.2) is 22.0 Å².